The normalized spacial score (nSPS) is 21.7. The number of piperazine rings is 1. The molecule has 0 aromatic heterocycles. The highest BCUT2D eigenvalue weighted by molar-refractivity contribution is 6.10. The number of hydrogen-bond donors (Lipinski definition) is 1. The lowest BCUT2D eigenvalue weighted by Crippen LogP contribution is -2.69. The smallest absolute Gasteiger partial charge is 0.252 e. The van der Waals surface area contributed by atoms with Crippen LogP contribution >= 0.6 is 0 Å². The first-order valence-corrected chi connectivity index (χ1v) is 6.75. The molecule has 0 bridgehead atoms. The van der Waals surface area contributed by atoms with Crippen LogP contribution in [0, 0.1) is 17.6 Å². The first-order valence-electron chi connectivity index (χ1n) is 6.75. The molecule has 1 N–H and O–H groups in total. The molecular formula is C15H18F2N2O2. The summed E-state index contributed by atoms with van der Waals surface area (Å²) >= 11 is 0. The van der Waals surface area contributed by atoms with Crippen LogP contribution in [0.5, 0.6) is 0 Å². The predicted molar refractivity (Wildman–Crippen MR) is 74.7 cm³/mol. The Morgan fingerprint density at radius 1 is 1.14 bits per heavy atom. The van der Waals surface area contributed by atoms with Crippen LogP contribution in [0.15, 0.2) is 18.2 Å². The first-order chi connectivity index (χ1) is 9.63. The van der Waals surface area contributed by atoms with Crippen molar-refractivity contribution in [2.45, 2.75) is 39.3 Å². The van der Waals surface area contributed by atoms with Crippen LogP contribution in [0.25, 0.3) is 0 Å². The van der Waals surface area contributed by atoms with Gasteiger partial charge in [-0.25, -0.2) is 8.78 Å². The molecule has 1 fully saturated rings. The van der Waals surface area contributed by atoms with Crippen molar-refractivity contribution < 1.29 is 18.4 Å². The van der Waals surface area contributed by atoms with E-state index in [1.54, 1.807) is 27.7 Å². The van der Waals surface area contributed by atoms with Gasteiger partial charge in [0.2, 0.25) is 5.91 Å². The van der Waals surface area contributed by atoms with E-state index >= 15 is 0 Å². The van der Waals surface area contributed by atoms with Crippen LogP contribution in [-0.2, 0) is 9.59 Å². The second-order valence-corrected chi connectivity index (χ2v) is 6.11. The second kappa shape index (κ2) is 5.09. The minimum absolute atomic E-state index is 0.0547. The number of nitrogens with one attached hydrogen (secondary N) is 1. The average Bonchev–Trinajstić information content (AvgIpc) is 2.30. The molecule has 2 rings (SSSR count). The van der Waals surface area contributed by atoms with Crippen LogP contribution in [-0.4, -0.2) is 23.4 Å². The van der Waals surface area contributed by atoms with Gasteiger partial charge < -0.3 is 5.32 Å². The highest BCUT2D eigenvalue weighted by Gasteiger charge is 2.47. The maximum atomic E-state index is 13.4. The third-order valence-electron chi connectivity index (χ3n) is 3.49. The molecule has 1 aromatic carbocycles. The standard InChI is InChI=1S/C15H18F2N2O2/c1-8(2)12-13(20)18-15(3,4)14(21)19(12)11-6-9(16)5-10(17)7-11/h5-8,12H,1-4H3,(H,18,20). The molecule has 2 amide bonds. The van der Waals surface area contributed by atoms with Crippen molar-refractivity contribution in [1.29, 1.82) is 0 Å². The van der Waals surface area contributed by atoms with Gasteiger partial charge >= 0.3 is 0 Å². The van der Waals surface area contributed by atoms with E-state index in [4.69, 9.17) is 0 Å². The van der Waals surface area contributed by atoms with E-state index in [0.717, 1.165) is 18.2 Å². The van der Waals surface area contributed by atoms with Crippen LogP contribution in [0.3, 0.4) is 0 Å². The summed E-state index contributed by atoms with van der Waals surface area (Å²) < 4.78 is 26.9. The highest BCUT2D eigenvalue weighted by atomic mass is 19.1. The third-order valence-corrected chi connectivity index (χ3v) is 3.49. The Bertz CT molecular complexity index is 579. The zero-order valence-electron chi connectivity index (χ0n) is 12.4. The third kappa shape index (κ3) is 2.75. The molecule has 1 saturated heterocycles. The number of amides is 2. The summed E-state index contributed by atoms with van der Waals surface area (Å²) in [6.45, 7) is 6.68. The van der Waals surface area contributed by atoms with Gasteiger partial charge in [0.05, 0.1) is 5.69 Å². The molecule has 6 heteroatoms. The van der Waals surface area contributed by atoms with E-state index in [1.807, 2.05) is 0 Å². The molecule has 1 heterocycles. The van der Waals surface area contributed by atoms with Gasteiger partial charge in [0, 0.05) is 6.07 Å². The zero-order chi connectivity index (χ0) is 15.9. The number of nitrogens with zero attached hydrogens (tertiary/aromatic N) is 1. The van der Waals surface area contributed by atoms with Crippen LogP contribution < -0.4 is 10.2 Å². The lowest BCUT2D eigenvalue weighted by molar-refractivity contribution is -0.138. The van der Waals surface area contributed by atoms with Crippen LogP contribution in [0.4, 0.5) is 14.5 Å². The Balaban J connectivity index is 2.57. The van der Waals surface area contributed by atoms with E-state index in [0.29, 0.717) is 0 Å². The van der Waals surface area contributed by atoms with Crippen molar-refractivity contribution in [3.8, 4) is 0 Å². The number of rotatable bonds is 2. The van der Waals surface area contributed by atoms with E-state index < -0.39 is 29.1 Å². The summed E-state index contributed by atoms with van der Waals surface area (Å²) in [5, 5.41) is 2.65. The average molecular weight is 296 g/mol. The SMILES string of the molecule is CC(C)C1C(=O)NC(C)(C)C(=O)N1c1cc(F)cc(F)c1. The maximum Gasteiger partial charge on any atom is 0.252 e. The first kappa shape index (κ1) is 15.4. The predicted octanol–water partition coefficient (Wildman–Crippen LogP) is 2.23. The minimum Gasteiger partial charge on any atom is -0.340 e. The van der Waals surface area contributed by atoms with Gasteiger partial charge in [0.1, 0.15) is 23.2 Å². The van der Waals surface area contributed by atoms with Crippen molar-refractivity contribution in [2.75, 3.05) is 4.90 Å². The van der Waals surface area contributed by atoms with Crippen LogP contribution in [0.1, 0.15) is 27.7 Å². The Morgan fingerprint density at radius 3 is 2.14 bits per heavy atom. The van der Waals surface area contributed by atoms with Gasteiger partial charge in [0.25, 0.3) is 5.91 Å². The molecule has 1 aromatic rings. The molecule has 0 radical (unpaired) electrons. The van der Waals surface area contributed by atoms with Gasteiger partial charge in [0.15, 0.2) is 0 Å². The summed E-state index contributed by atoms with van der Waals surface area (Å²) in [5.41, 5.74) is -1.07. The minimum atomic E-state index is -1.12. The van der Waals surface area contributed by atoms with E-state index in [9.17, 15) is 18.4 Å². The Kier molecular flexibility index (Phi) is 3.74. The fourth-order valence-corrected chi connectivity index (χ4v) is 2.54. The summed E-state index contributed by atoms with van der Waals surface area (Å²) in [6.07, 6.45) is 0. The molecule has 1 aliphatic heterocycles. The second-order valence-electron chi connectivity index (χ2n) is 6.11. The number of benzene rings is 1. The van der Waals surface area contributed by atoms with E-state index in [-0.39, 0.29) is 17.5 Å². The van der Waals surface area contributed by atoms with Crippen molar-refractivity contribution in [3.63, 3.8) is 0 Å². The quantitative estimate of drug-likeness (QED) is 0.910. The topological polar surface area (TPSA) is 49.4 Å². The van der Waals surface area contributed by atoms with Gasteiger partial charge in [-0.1, -0.05) is 13.8 Å². The van der Waals surface area contributed by atoms with E-state index in [1.165, 1.54) is 4.90 Å². The largest absolute Gasteiger partial charge is 0.340 e. The van der Waals surface area contributed by atoms with Gasteiger partial charge in [-0.05, 0) is 31.9 Å². The number of carbonyl (C=O) groups excluding carboxylic acids is 2. The summed E-state index contributed by atoms with van der Waals surface area (Å²) in [7, 11) is 0. The molecule has 1 unspecified atom stereocenters. The Labute approximate surface area is 122 Å². The summed E-state index contributed by atoms with van der Waals surface area (Å²) in [4.78, 5) is 26.0. The van der Waals surface area contributed by atoms with Crippen molar-refractivity contribution >= 4 is 17.5 Å². The van der Waals surface area contributed by atoms with Crippen LogP contribution in [0.2, 0.25) is 0 Å². The fraction of sp³-hybridized carbons (Fsp3) is 0.467. The van der Waals surface area contributed by atoms with Gasteiger partial charge in [-0.15, -0.1) is 0 Å². The molecule has 0 aliphatic carbocycles. The number of halogens is 2. The number of hydrogen-bond acceptors (Lipinski definition) is 2. The Hall–Kier alpha value is -1.98. The van der Waals surface area contributed by atoms with E-state index in [2.05, 4.69) is 5.32 Å². The van der Waals surface area contributed by atoms with Gasteiger partial charge in [-0.2, -0.15) is 0 Å². The monoisotopic (exact) mass is 296 g/mol. The van der Waals surface area contributed by atoms with Crippen molar-refractivity contribution in [2.24, 2.45) is 5.92 Å². The zero-order valence-corrected chi connectivity index (χ0v) is 12.4. The molecular weight excluding hydrogens is 278 g/mol. The molecule has 4 nitrogen and oxygen atoms in total. The lowest BCUT2D eigenvalue weighted by Gasteiger charge is -2.44. The molecule has 1 atom stereocenters. The Morgan fingerprint density at radius 2 is 1.67 bits per heavy atom. The maximum absolute atomic E-state index is 13.4. The van der Waals surface area contributed by atoms with Crippen molar-refractivity contribution in [1.82, 2.24) is 5.32 Å². The number of carbonyl (C=O) groups is 2. The number of anilines is 1. The molecule has 1 aliphatic rings. The lowest BCUT2D eigenvalue weighted by atomic mass is 9.91. The molecule has 21 heavy (non-hydrogen) atoms. The summed E-state index contributed by atoms with van der Waals surface area (Å²) in [6, 6.07) is 2.05. The molecule has 0 saturated carbocycles. The fourth-order valence-electron chi connectivity index (χ4n) is 2.54. The molecule has 0 spiro atoms. The highest BCUT2D eigenvalue weighted by Crippen LogP contribution is 2.29. The molecule has 114 valence electrons. The van der Waals surface area contributed by atoms with Crippen molar-refractivity contribution in [3.05, 3.63) is 29.8 Å². The summed E-state index contributed by atoms with van der Waals surface area (Å²) in [5.74, 6) is -2.50. The van der Waals surface area contributed by atoms with Gasteiger partial charge in [-0.3, -0.25) is 14.5 Å².